The van der Waals surface area contributed by atoms with E-state index < -0.39 is 0 Å². The van der Waals surface area contributed by atoms with Crippen molar-refractivity contribution in [3.8, 4) is 10.8 Å². The molecule has 2 unspecified atom stereocenters. The van der Waals surface area contributed by atoms with E-state index in [9.17, 15) is 5.11 Å². The van der Waals surface area contributed by atoms with Crippen molar-refractivity contribution in [3.63, 3.8) is 0 Å². The third-order valence-electron chi connectivity index (χ3n) is 4.18. The standard InChI is InChI=1S/C17H19N3O2S/c21-14-10-19-8-11(14)7-18-9-12-5-6-15(22-12)17-20-13-3-1-2-4-16(13)23-17/h1-6,11,14,18-19,21H,7-10H2. The molecule has 5 nitrogen and oxygen atoms in total. The van der Waals surface area contributed by atoms with Gasteiger partial charge >= 0.3 is 0 Å². The summed E-state index contributed by atoms with van der Waals surface area (Å²) in [6.45, 7) is 3.00. The second kappa shape index (κ2) is 6.41. The number of nitrogens with one attached hydrogen (secondary N) is 2. The maximum Gasteiger partial charge on any atom is 0.163 e. The van der Waals surface area contributed by atoms with Crippen LogP contribution in [0.15, 0.2) is 40.8 Å². The van der Waals surface area contributed by atoms with E-state index in [1.54, 1.807) is 11.3 Å². The smallest absolute Gasteiger partial charge is 0.163 e. The average molecular weight is 329 g/mol. The Hall–Kier alpha value is -1.73. The van der Waals surface area contributed by atoms with Crippen LogP contribution < -0.4 is 10.6 Å². The number of aliphatic hydroxyl groups excluding tert-OH is 1. The zero-order chi connectivity index (χ0) is 15.6. The first-order chi connectivity index (χ1) is 11.3. The van der Waals surface area contributed by atoms with Crippen LogP contribution in [0.5, 0.6) is 0 Å². The average Bonchev–Trinajstić information content (AvgIpc) is 3.27. The quantitative estimate of drug-likeness (QED) is 0.670. The minimum absolute atomic E-state index is 0.252. The van der Waals surface area contributed by atoms with Gasteiger partial charge in [0.15, 0.2) is 10.8 Å². The molecule has 4 rings (SSSR count). The van der Waals surface area contributed by atoms with Gasteiger partial charge in [0.25, 0.3) is 0 Å². The number of fused-ring (bicyclic) bond motifs is 1. The number of thiazole rings is 1. The predicted molar refractivity (Wildman–Crippen MR) is 91.4 cm³/mol. The summed E-state index contributed by atoms with van der Waals surface area (Å²) in [5.41, 5.74) is 1.01. The number of hydrogen-bond acceptors (Lipinski definition) is 6. The minimum Gasteiger partial charge on any atom is -0.457 e. The van der Waals surface area contributed by atoms with Gasteiger partial charge in [0, 0.05) is 25.6 Å². The molecule has 0 saturated carbocycles. The molecule has 0 bridgehead atoms. The van der Waals surface area contributed by atoms with Crippen molar-refractivity contribution in [2.45, 2.75) is 12.6 Å². The first-order valence-corrected chi connectivity index (χ1v) is 8.65. The van der Waals surface area contributed by atoms with Crippen molar-refractivity contribution >= 4 is 21.6 Å². The summed E-state index contributed by atoms with van der Waals surface area (Å²) in [5.74, 6) is 1.97. The van der Waals surface area contributed by atoms with E-state index in [0.717, 1.165) is 35.1 Å². The third-order valence-corrected chi connectivity index (χ3v) is 5.23. The van der Waals surface area contributed by atoms with Crippen molar-refractivity contribution in [2.75, 3.05) is 19.6 Å². The van der Waals surface area contributed by atoms with Gasteiger partial charge in [0.1, 0.15) is 5.76 Å². The van der Waals surface area contributed by atoms with Crippen molar-refractivity contribution in [1.82, 2.24) is 15.6 Å². The third kappa shape index (κ3) is 3.16. The molecular weight excluding hydrogens is 310 g/mol. The van der Waals surface area contributed by atoms with Crippen LogP contribution in [0.25, 0.3) is 21.0 Å². The van der Waals surface area contributed by atoms with Gasteiger partial charge in [-0.05, 0) is 24.3 Å². The fraction of sp³-hybridized carbons (Fsp3) is 0.353. The number of nitrogens with zero attached hydrogens (tertiary/aromatic N) is 1. The summed E-state index contributed by atoms with van der Waals surface area (Å²) in [7, 11) is 0. The molecular formula is C17H19N3O2S. The molecule has 2 atom stereocenters. The second-order valence-corrected chi connectivity index (χ2v) is 6.90. The van der Waals surface area contributed by atoms with Gasteiger partial charge in [-0.2, -0.15) is 0 Å². The molecule has 1 aliphatic rings. The molecule has 3 aromatic rings. The van der Waals surface area contributed by atoms with Gasteiger partial charge in [-0.15, -0.1) is 11.3 Å². The zero-order valence-electron chi connectivity index (χ0n) is 12.7. The van der Waals surface area contributed by atoms with E-state index in [0.29, 0.717) is 13.1 Å². The van der Waals surface area contributed by atoms with Crippen LogP contribution in [0.1, 0.15) is 5.76 Å². The molecule has 3 N–H and O–H groups in total. The molecule has 1 aliphatic heterocycles. The number of furan rings is 1. The predicted octanol–water partition coefficient (Wildman–Crippen LogP) is 2.23. The van der Waals surface area contributed by atoms with Crippen LogP contribution in [-0.2, 0) is 6.54 Å². The normalized spacial score (nSPS) is 21.3. The highest BCUT2D eigenvalue weighted by Gasteiger charge is 2.24. The molecule has 0 aliphatic carbocycles. The Labute approximate surface area is 138 Å². The van der Waals surface area contributed by atoms with Crippen LogP contribution in [-0.4, -0.2) is 35.8 Å². The van der Waals surface area contributed by atoms with E-state index in [2.05, 4.69) is 21.7 Å². The molecule has 2 aromatic heterocycles. The van der Waals surface area contributed by atoms with E-state index >= 15 is 0 Å². The topological polar surface area (TPSA) is 70.3 Å². The molecule has 1 fully saturated rings. The van der Waals surface area contributed by atoms with E-state index in [-0.39, 0.29) is 12.0 Å². The van der Waals surface area contributed by atoms with E-state index in [1.807, 2.05) is 30.3 Å². The Balaban J connectivity index is 1.40. The van der Waals surface area contributed by atoms with Crippen molar-refractivity contribution in [3.05, 3.63) is 42.2 Å². The number of rotatable bonds is 5. The summed E-state index contributed by atoms with van der Waals surface area (Å²) < 4.78 is 7.07. The van der Waals surface area contributed by atoms with Crippen molar-refractivity contribution in [2.24, 2.45) is 5.92 Å². The lowest BCUT2D eigenvalue weighted by atomic mass is 10.1. The fourth-order valence-corrected chi connectivity index (χ4v) is 3.80. The Morgan fingerprint density at radius 3 is 3.00 bits per heavy atom. The molecule has 6 heteroatoms. The van der Waals surface area contributed by atoms with Gasteiger partial charge in [0.2, 0.25) is 0 Å². The van der Waals surface area contributed by atoms with Gasteiger partial charge in [0.05, 0.1) is 22.9 Å². The summed E-state index contributed by atoms with van der Waals surface area (Å²) in [5, 5.41) is 17.2. The molecule has 3 heterocycles. The summed E-state index contributed by atoms with van der Waals surface area (Å²) in [4.78, 5) is 4.61. The lowest BCUT2D eigenvalue weighted by molar-refractivity contribution is 0.146. The number of hydrogen-bond donors (Lipinski definition) is 3. The van der Waals surface area contributed by atoms with Crippen LogP contribution in [0, 0.1) is 5.92 Å². The largest absolute Gasteiger partial charge is 0.457 e. The number of β-amino-alcohol motifs (C(OH)–C–C–N with tert-alkyl or cyclic N) is 1. The molecule has 0 spiro atoms. The molecule has 1 aromatic carbocycles. The van der Waals surface area contributed by atoms with Gasteiger partial charge < -0.3 is 20.2 Å². The number of aliphatic hydroxyl groups is 1. The summed E-state index contributed by atoms with van der Waals surface area (Å²) >= 11 is 1.64. The van der Waals surface area contributed by atoms with Crippen LogP contribution in [0.2, 0.25) is 0 Å². The summed E-state index contributed by atoms with van der Waals surface area (Å²) in [6, 6.07) is 12.1. The van der Waals surface area contributed by atoms with Crippen LogP contribution in [0.4, 0.5) is 0 Å². The Morgan fingerprint density at radius 1 is 1.26 bits per heavy atom. The second-order valence-electron chi connectivity index (χ2n) is 5.87. The molecule has 120 valence electrons. The minimum atomic E-state index is -0.252. The SMILES string of the molecule is OC1CNCC1CNCc1ccc(-c2nc3ccccc3s2)o1. The zero-order valence-corrected chi connectivity index (χ0v) is 13.5. The number of benzene rings is 1. The highest BCUT2D eigenvalue weighted by Crippen LogP contribution is 2.31. The molecule has 23 heavy (non-hydrogen) atoms. The Bertz CT molecular complexity index is 765. The molecule has 1 saturated heterocycles. The van der Waals surface area contributed by atoms with Crippen molar-refractivity contribution < 1.29 is 9.52 Å². The number of aromatic nitrogens is 1. The van der Waals surface area contributed by atoms with Gasteiger partial charge in [-0.25, -0.2) is 4.98 Å². The lowest BCUT2D eigenvalue weighted by Crippen LogP contribution is -2.30. The monoisotopic (exact) mass is 329 g/mol. The maximum absolute atomic E-state index is 9.78. The first kappa shape index (κ1) is 14.8. The highest BCUT2D eigenvalue weighted by atomic mass is 32.1. The first-order valence-electron chi connectivity index (χ1n) is 7.84. The fourth-order valence-electron chi connectivity index (χ4n) is 2.87. The Kier molecular flexibility index (Phi) is 4.13. The van der Waals surface area contributed by atoms with Gasteiger partial charge in [-0.3, -0.25) is 0 Å². The Morgan fingerprint density at radius 2 is 2.17 bits per heavy atom. The van der Waals surface area contributed by atoms with Crippen LogP contribution >= 0.6 is 11.3 Å². The maximum atomic E-state index is 9.78. The van der Waals surface area contributed by atoms with Crippen LogP contribution in [0.3, 0.4) is 0 Å². The van der Waals surface area contributed by atoms with Gasteiger partial charge in [-0.1, -0.05) is 12.1 Å². The van der Waals surface area contributed by atoms with E-state index in [1.165, 1.54) is 4.70 Å². The number of para-hydroxylation sites is 1. The van der Waals surface area contributed by atoms with Crippen molar-refractivity contribution in [1.29, 1.82) is 0 Å². The van der Waals surface area contributed by atoms with E-state index in [4.69, 9.17) is 4.42 Å². The lowest BCUT2D eigenvalue weighted by Gasteiger charge is -2.13. The summed E-state index contributed by atoms with van der Waals surface area (Å²) in [6.07, 6.45) is -0.252. The molecule has 0 radical (unpaired) electrons. The molecule has 0 amide bonds. The highest BCUT2D eigenvalue weighted by molar-refractivity contribution is 7.21.